The Morgan fingerprint density at radius 2 is 2.14 bits per heavy atom. The first kappa shape index (κ1) is 16.6. The molecule has 0 spiro atoms. The molecule has 22 heavy (non-hydrogen) atoms. The number of hydrogen-bond acceptors (Lipinski definition) is 2. The van der Waals surface area contributed by atoms with Crippen molar-refractivity contribution >= 4 is 29.2 Å². The summed E-state index contributed by atoms with van der Waals surface area (Å²) in [5.41, 5.74) is 0.767. The molecule has 0 radical (unpaired) electrons. The van der Waals surface area contributed by atoms with Gasteiger partial charge in [0.05, 0.1) is 0 Å². The number of unbranched alkanes of at least 4 members (excludes halogenated alkanes) is 2. The van der Waals surface area contributed by atoms with E-state index in [1.807, 2.05) is 12.1 Å². The summed E-state index contributed by atoms with van der Waals surface area (Å²) < 4.78 is 0. The molecule has 0 saturated carbocycles. The zero-order valence-electron chi connectivity index (χ0n) is 12.8. The quantitative estimate of drug-likeness (QED) is 0.784. The van der Waals surface area contributed by atoms with Crippen LogP contribution in [0.15, 0.2) is 24.3 Å². The second kappa shape index (κ2) is 8.03. The number of carbonyl (C=O) groups is 2. The van der Waals surface area contributed by atoms with Gasteiger partial charge in [-0.15, -0.1) is 0 Å². The molecule has 1 aromatic carbocycles. The van der Waals surface area contributed by atoms with E-state index in [-0.39, 0.29) is 18.5 Å². The summed E-state index contributed by atoms with van der Waals surface area (Å²) in [6, 6.07) is 7.04. The molecule has 1 saturated heterocycles. The molecule has 0 aromatic heterocycles. The molecule has 120 valence electrons. The van der Waals surface area contributed by atoms with Gasteiger partial charge in [-0.1, -0.05) is 37.4 Å². The Kier molecular flexibility index (Phi) is 6.07. The molecule has 0 unspecified atom stereocenters. The van der Waals surface area contributed by atoms with Crippen LogP contribution < -0.4 is 10.2 Å². The van der Waals surface area contributed by atoms with Crippen LogP contribution in [0.2, 0.25) is 5.02 Å². The summed E-state index contributed by atoms with van der Waals surface area (Å²) in [5, 5.41) is 3.45. The summed E-state index contributed by atoms with van der Waals surface area (Å²) in [4.78, 5) is 27.4. The monoisotopic (exact) mass is 323 g/mol. The molecule has 0 atom stereocenters. The van der Waals surface area contributed by atoms with Gasteiger partial charge in [0.25, 0.3) is 0 Å². The van der Waals surface area contributed by atoms with Gasteiger partial charge in [-0.3, -0.25) is 9.69 Å². The molecule has 3 amide bonds. The first-order chi connectivity index (χ1) is 10.6. The van der Waals surface area contributed by atoms with Crippen molar-refractivity contribution < 1.29 is 9.59 Å². The predicted octanol–water partition coefficient (Wildman–Crippen LogP) is 2.89. The van der Waals surface area contributed by atoms with E-state index in [2.05, 4.69) is 12.2 Å². The summed E-state index contributed by atoms with van der Waals surface area (Å²) in [7, 11) is 0. The lowest BCUT2D eigenvalue weighted by Crippen LogP contribution is -2.40. The summed E-state index contributed by atoms with van der Waals surface area (Å²) in [5.74, 6) is -0.0996. The van der Waals surface area contributed by atoms with Crippen LogP contribution in [0, 0.1) is 0 Å². The third-order valence-corrected chi connectivity index (χ3v) is 3.89. The number of rotatable bonds is 7. The molecular formula is C16H22ClN3O2. The Morgan fingerprint density at radius 3 is 2.86 bits per heavy atom. The lowest BCUT2D eigenvalue weighted by Gasteiger charge is -2.18. The SMILES string of the molecule is CCCCCNC(=O)CN1CCN(c2cccc(Cl)c2)C1=O. The van der Waals surface area contributed by atoms with Gasteiger partial charge in [0.2, 0.25) is 5.91 Å². The van der Waals surface area contributed by atoms with E-state index in [1.54, 1.807) is 21.9 Å². The largest absolute Gasteiger partial charge is 0.355 e. The maximum atomic E-state index is 12.4. The van der Waals surface area contributed by atoms with Crippen molar-refractivity contribution in [2.75, 3.05) is 31.1 Å². The molecule has 1 fully saturated rings. The van der Waals surface area contributed by atoms with Crippen LogP contribution >= 0.6 is 11.6 Å². The molecule has 1 heterocycles. The highest BCUT2D eigenvalue weighted by Crippen LogP contribution is 2.23. The fourth-order valence-corrected chi connectivity index (χ4v) is 2.63. The van der Waals surface area contributed by atoms with Crippen molar-refractivity contribution in [3.05, 3.63) is 29.3 Å². The number of anilines is 1. The van der Waals surface area contributed by atoms with E-state index < -0.39 is 0 Å². The lowest BCUT2D eigenvalue weighted by molar-refractivity contribution is -0.121. The third-order valence-electron chi connectivity index (χ3n) is 3.65. The van der Waals surface area contributed by atoms with E-state index in [9.17, 15) is 9.59 Å². The maximum Gasteiger partial charge on any atom is 0.325 e. The van der Waals surface area contributed by atoms with Crippen LogP contribution in [0.4, 0.5) is 10.5 Å². The van der Waals surface area contributed by atoms with Crippen molar-refractivity contribution in [2.45, 2.75) is 26.2 Å². The number of halogens is 1. The Hall–Kier alpha value is -1.75. The number of benzene rings is 1. The van der Waals surface area contributed by atoms with E-state index in [1.165, 1.54) is 0 Å². The Morgan fingerprint density at radius 1 is 1.32 bits per heavy atom. The predicted molar refractivity (Wildman–Crippen MR) is 88.3 cm³/mol. The second-order valence-corrected chi connectivity index (χ2v) is 5.83. The van der Waals surface area contributed by atoms with E-state index in [0.717, 1.165) is 24.9 Å². The standard InChI is InChI=1S/C16H22ClN3O2/c1-2-3-4-8-18-15(21)12-19-9-10-20(16(19)22)14-7-5-6-13(17)11-14/h5-7,11H,2-4,8-10,12H2,1H3,(H,18,21). The first-order valence-corrected chi connectivity index (χ1v) is 8.08. The molecular weight excluding hydrogens is 302 g/mol. The average molecular weight is 324 g/mol. The molecule has 5 nitrogen and oxygen atoms in total. The van der Waals surface area contributed by atoms with Gasteiger partial charge in [0, 0.05) is 30.3 Å². The molecule has 6 heteroatoms. The topological polar surface area (TPSA) is 52.7 Å². The molecule has 0 bridgehead atoms. The van der Waals surface area contributed by atoms with Gasteiger partial charge in [-0.25, -0.2) is 4.79 Å². The molecule has 0 aliphatic carbocycles. The third kappa shape index (κ3) is 4.37. The second-order valence-electron chi connectivity index (χ2n) is 5.39. The Labute approximate surface area is 136 Å². The summed E-state index contributed by atoms with van der Waals surface area (Å²) in [6.07, 6.45) is 3.20. The number of hydrogen-bond donors (Lipinski definition) is 1. The van der Waals surface area contributed by atoms with E-state index in [4.69, 9.17) is 11.6 Å². The van der Waals surface area contributed by atoms with Crippen LogP contribution in [0.5, 0.6) is 0 Å². The van der Waals surface area contributed by atoms with E-state index >= 15 is 0 Å². The zero-order chi connectivity index (χ0) is 15.9. The van der Waals surface area contributed by atoms with Crippen LogP contribution in [0.3, 0.4) is 0 Å². The number of amides is 3. The highest BCUT2D eigenvalue weighted by atomic mass is 35.5. The van der Waals surface area contributed by atoms with Crippen molar-refractivity contribution in [2.24, 2.45) is 0 Å². The van der Waals surface area contributed by atoms with Crippen LogP contribution in [0.1, 0.15) is 26.2 Å². The minimum absolute atomic E-state index is 0.0996. The van der Waals surface area contributed by atoms with Crippen molar-refractivity contribution in [1.82, 2.24) is 10.2 Å². The van der Waals surface area contributed by atoms with Crippen LogP contribution in [-0.2, 0) is 4.79 Å². The van der Waals surface area contributed by atoms with Gasteiger partial charge >= 0.3 is 6.03 Å². The molecule has 1 aliphatic rings. The molecule has 1 aromatic rings. The van der Waals surface area contributed by atoms with Gasteiger partial charge < -0.3 is 10.2 Å². The molecule has 1 aliphatic heterocycles. The minimum atomic E-state index is -0.147. The summed E-state index contributed by atoms with van der Waals surface area (Å²) in [6.45, 7) is 4.03. The highest BCUT2D eigenvalue weighted by molar-refractivity contribution is 6.30. The van der Waals surface area contributed by atoms with Crippen molar-refractivity contribution in [3.63, 3.8) is 0 Å². The van der Waals surface area contributed by atoms with Gasteiger partial charge in [0.1, 0.15) is 6.54 Å². The van der Waals surface area contributed by atoms with Gasteiger partial charge in [-0.2, -0.15) is 0 Å². The molecule has 2 rings (SSSR count). The minimum Gasteiger partial charge on any atom is -0.355 e. The van der Waals surface area contributed by atoms with Crippen LogP contribution in [-0.4, -0.2) is 43.0 Å². The Balaban J connectivity index is 1.85. The normalized spacial score (nSPS) is 14.5. The number of nitrogens with zero attached hydrogens (tertiary/aromatic N) is 2. The average Bonchev–Trinajstić information content (AvgIpc) is 2.85. The van der Waals surface area contributed by atoms with Crippen LogP contribution in [0.25, 0.3) is 0 Å². The number of nitrogens with one attached hydrogen (secondary N) is 1. The highest BCUT2D eigenvalue weighted by Gasteiger charge is 2.30. The van der Waals surface area contributed by atoms with Crippen molar-refractivity contribution in [3.8, 4) is 0 Å². The van der Waals surface area contributed by atoms with Crippen molar-refractivity contribution in [1.29, 1.82) is 0 Å². The first-order valence-electron chi connectivity index (χ1n) is 7.70. The maximum absolute atomic E-state index is 12.4. The molecule has 1 N–H and O–H groups in total. The van der Waals surface area contributed by atoms with Gasteiger partial charge in [-0.05, 0) is 24.6 Å². The number of carbonyl (C=O) groups excluding carboxylic acids is 2. The Bertz CT molecular complexity index is 536. The number of urea groups is 1. The summed E-state index contributed by atoms with van der Waals surface area (Å²) >= 11 is 5.96. The fourth-order valence-electron chi connectivity index (χ4n) is 2.45. The zero-order valence-corrected chi connectivity index (χ0v) is 13.6. The van der Waals surface area contributed by atoms with E-state index in [0.29, 0.717) is 24.7 Å². The lowest BCUT2D eigenvalue weighted by atomic mass is 10.2. The smallest absolute Gasteiger partial charge is 0.325 e. The van der Waals surface area contributed by atoms with Gasteiger partial charge in [0.15, 0.2) is 0 Å². The fraction of sp³-hybridized carbons (Fsp3) is 0.500.